The third-order valence-corrected chi connectivity index (χ3v) is 6.05. The van der Waals surface area contributed by atoms with E-state index in [0.29, 0.717) is 24.9 Å². The smallest absolute Gasteiger partial charge is 0.279 e. The molecule has 3 aromatic heterocycles. The standard InChI is InChI=1S/C21H20ClFN8O/c1-12-26-18-17(15-6-5-13(22)8-16(15)23)27-21(28-19(18)20(32)29(12)2)30-7-3-4-14(9-30)31-11-24-10-25-31/h5-6,8,10-11,14H,3-4,7,9H2,1-2H3. The van der Waals surface area contributed by atoms with Crippen molar-refractivity contribution in [1.82, 2.24) is 34.3 Å². The van der Waals surface area contributed by atoms with Crippen LogP contribution in [0.25, 0.3) is 22.3 Å². The van der Waals surface area contributed by atoms with E-state index in [1.165, 1.54) is 17.0 Å². The number of anilines is 1. The highest BCUT2D eigenvalue weighted by Crippen LogP contribution is 2.31. The molecule has 1 saturated heterocycles. The van der Waals surface area contributed by atoms with E-state index in [1.807, 2.05) is 9.58 Å². The number of piperidine rings is 1. The summed E-state index contributed by atoms with van der Waals surface area (Å²) in [5, 5.41) is 4.53. The Morgan fingerprint density at radius 2 is 2.03 bits per heavy atom. The number of aryl methyl sites for hydroxylation is 1. The lowest BCUT2D eigenvalue weighted by atomic mass is 10.1. The molecule has 4 aromatic rings. The second-order valence-corrected chi connectivity index (χ2v) is 8.27. The quantitative estimate of drug-likeness (QED) is 0.469. The summed E-state index contributed by atoms with van der Waals surface area (Å²) in [5.74, 6) is 0.302. The molecule has 5 rings (SSSR count). The molecule has 0 radical (unpaired) electrons. The first-order valence-electron chi connectivity index (χ1n) is 10.2. The van der Waals surface area contributed by atoms with Crippen molar-refractivity contribution in [3.63, 3.8) is 0 Å². The number of fused-ring (bicyclic) bond motifs is 1. The average Bonchev–Trinajstić information content (AvgIpc) is 3.33. The zero-order valence-corrected chi connectivity index (χ0v) is 18.3. The summed E-state index contributed by atoms with van der Waals surface area (Å²) in [5.41, 5.74) is 0.586. The zero-order chi connectivity index (χ0) is 22.4. The van der Waals surface area contributed by atoms with Gasteiger partial charge in [-0.1, -0.05) is 11.6 Å². The number of halogens is 2. The highest BCUT2D eigenvalue weighted by molar-refractivity contribution is 6.30. The number of hydrogen-bond donors (Lipinski definition) is 0. The molecule has 0 N–H and O–H groups in total. The van der Waals surface area contributed by atoms with Gasteiger partial charge >= 0.3 is 0 Å². The van der Waals surface area contributed by atoms with Crippen molar-refractivity contribution >= 4 is 28.6 Å². The second-order valence-electron chi connectivity index (χ2n) is 7.83. The van der Waals surface area contributed by atoms with Crippen LogP contribution in [-0.4, -0.2) is 47.4 Å². The Kier molecular flexibility index (Phi) is 5.09. The van der Waals surface area contributed by atoms with Crippen LogP contribution in [0.15, 0.2) is 35.6 Å². The fourth-order valence-electron chi connectivity index (χ4n) is 4.01. The van der Waals surface area contributed by atoms with Gasteiger partial charge in [0.15, 0.2) is 5.52 Å². The van der Waals surface area contributed by atoms with Gasteiger partial charge in [-0.25, -0.2) is 29.0 Å². The van der Waals surface area contributed by atoms with Gasteiger partial charge in [-0.15, -0.1) is 0 Å². The first kappa shape index (κ1) is 20.5. The first-order chi connectivity index (χ1) is 15.4. The largest absolute Gasteiger partial charge is 0.339 e. The maximum Gasteiger partial charge on any atom is 0.279 e. The third kappa shape index (κ3) is 3.50. The van der Waals surface area contributed by atoms with Crippen LogP contribution in [0.2, 0.25) is 5.02 Å². The molecule has 1 aliphatic rings. The molecule has 0 aliphatic carbocycles. The lowest BCUT2D eigenvalue weighted by Gasteiger charge is -2.32. The average molecular weight is 455 g/mol. The molecule has 11 heteroatoms. The van der Waals surface area contributed by atoms with Crippen molar-refractivity contribution in [3.8, 4) is 11.3 Å². The van der Waals surface area contributed by atoms with Crippen molar-refractivity contribution in [2.24, 2.45) is 7.05 Å². The van der Waals surface area contributed by atoms with E-state index in [9.17, 15) is 9.18 Å². The molecule has 0 spiro atoms. The Labute approximate surface area is 187 Å². The van der Waals surface area contributed by atoms with E-state index in [4.69, 9.17) is 11.6 Å². The second kappa shape index (κ2) is 7.94. The van der Waals surface area contributed by atoms with Crippen molar-refractivity contribution in [1.29, 1.82) is 0 Å². The normalized spacial score (nSPS) is 16.6. The van der Waals surface area contributed by atoms with E-state index in [1.54, 1.807) is 32.4 Å². The van der Waals surface area contributed by atoms with E-state index >= 15 is 0 Å². The topological polar surface area (TPSA) is 94.6 Å². The Morgan fingerprint density at radius 3 is 2.78 bits per heavy atom. The summed E-state index contributed by atoms with van der Waals surface area (Å²) in [6.07, 6.45) is 5.02. The summed E-state index contributed by atoms with van der Waals surface area (Å²) in [7, 11) is 1.63. The summed E-state index contributed by atoms with van der Waals surface area (Å²) in [6.45, 7) is 3.01. The molecule has 164 valence electrons. The highest BCUT2D eigenvalue weighted by Gasteiger charge is 2.26. The van der Waals surface area contributed by atoms with Crippen LogP contribution in [0.4, 0.5) is 10.3 Å². The van der Waals surface area contributed by atoms with Gasteiger partial charge < -0.3 is 4.90 Å². The Bertz CT molecular complexity index is 1370. The van der Waals surface area contributed by atoms with Gasteiger partial charge in [0, 0.05) is 30.7 Å². The molecule has 1 unspecified atom stereocenters. The van der Waals surface area contributed by atoms with Gasteiger partial charge in [0.25, 0.3) is 5.56 Å². The fraction of sp³-hybridized carbons (Fsp3) is 0.333. The molecule has 4 heterocycles. The summed E-state index contributed by atoms with van der Waals surface area (Å²) in [6, 6.07) is 4.45. The van der Waals surface area contributed by atoms with Gasteiger partial charge in [-0.2, -0.15) is 5.10 Å². The van der Waals surface area contributed by atoms with Crippen LogP contribution in [0.3, 0.4) is 0 Å². The number of rotatable bonds is 3. The van der Waals surface area contributed by atoms with Gasteiger partial charge in [0.1, 0.15) is 35.5 Å². The van der Waals surface area contributed by atoms with E-state index in [2.05, 4.69) is 25.0 Å². The number of benzene rings is 1. The predicted molar refractivity (Wildman–Crippen MR) is 118 cm³/mol. The van der Waals surface area contributed by atoms with Crippen molar-refractivity contribution < 1.29 is 4.39 Å². The summed E-state index contributed by atoms with van der Waals surface area (Å²) in [4.78, 5) is 32.8. The maximum atomic E-state index is 14.9. The Morgan fingerprint density at radius 1 is 1.19 bits per heavy atom. The Balaban J connectivity index is 1.69. The molecule has 1 fully saturated rings. The number of nitrogens with zero attached hydrogens (tertiary/aromatic N) is 8. The van der Waals surface area contributed by atoms with Gasteiger partial charge in [0.2, 0.25) is 5.95 Å². The van der Waals surface area contributed by atoms with Gasteiger partial charge in [-0.3, -0.25) is 9.36 Å². The molecule has 1 atom stereocenters. The van der Waals surface area contributed by atoms with Crippen LogP contribution < -0.4 is 10.5 Å². The zero-order valence-electron chi connectivity index (χ0n) is 17.5. The minimum absolute atomic E-state index is 0.0974. The molecule has 0 bridgehead atoms. The monoisotopic (exact) mass is 454 g/mol. The lowest BCUT2D eigenvalue weighted by Crippen LogP contribution is -2.38. The molecular weight excluding hydrogens is 435 g/mol. The van der Waals surface area contributed by atoms with Gasteiger partial charge in [0.05, 0.1) is 6.04 Å². The molecule has 0 amide bonds. The molecule has 1 aliphatic heterocycles. The highest BCUT2D eigenvalue weighted by atomic mass is 35.5. The van der Waals surface area contributed by atoms with E-state index < -0.39 is 5.82 Å². The van der Waals surface area contributed by atoms with Crippen molar-refractivity contribution in [2.75, 3.05) is 18.0 Å². The Hall–Kier alpha value is -3.40. The van der Waals surface area contributed by atoms with Crippen LogP contribution >= 0.6 is 11.6 Å². The predicted octanol–water partition coefficient (Wildman–Crippen LogP) is 2.92. The van der Waals surface area contributed by atoms with Gasteiger partial charge in [-0.05, 0) is 38.0 Å². The number of hydrogen-bond acceptors (Lipinski definition) is 7. The van der Waals surface area contributed by atoms with Crippen LogP contribution in [0.5, 0.6) is 0 Å². The molecule has 1 aromatic carbocycles. The number of aromatic nitrogens is 7. The van der Waals surface area contributed by atoms with Crippen molar-refractivity contribution in [2.45, 2.75) is 25.8 Å². The van der Waals surface area contributed by atoms with E-state index in [-0.39, 0.29) is 38.9 Å². The summed E-state index contributed by atoms with van der Waals surface area (Å²) < 4.78 is 18.1. The SMILES string of the molecule is Cc1nc2c(-c3ccc(Cl)cc3F)nc(N3CCCC(n4cncn4)C3)nc2c(=O)n1C. The molecule has 9 nitrogen and oxygen atoms in total. The maximum absolute atomic E-state index is 14.9. The van der Waals surface area contributed by atoms with E-state index in [0.717, 1.165) is 12.8 Å². The third-order valence-electron chi connectivity index (χ3n) is 5.81. The molecular formula is C21H20ClFN8O. The summed E-state index contributed by atoms with van der Waals surface area (Å²) >= 11 is 5.95. The fourth-order valence-corrected chi connectivity index (χ4v) is 4.17. The van der Waals surface area contributed by atoms with Crippen LogP contribution in [-0.2, 0) is 7.05 Å². The minimum Gasteiger partial charge on any atom is -0.339 e. The lowest BCUT2D eigenvalue weighted by molar-refractivity contribution is 0.373. The molecule has 0 saturated carbocycles. The minimum atomic E-state index is -0.539. The first-order valence-corrected chi connectivity index (χ1v) is 10.6. The van der Waals surface area contributed by atoms with Crippen molar-refractivity contribution in [3.05, 3.63) is 57.9 Å². The van der Waals surface area contributed by atoms with Crippen LogP contribution in [0.1, 0.15) is 24.7 Å². The molecule has 32 heavy (non-hydrogen) atoms. The van der Waals surface area contributed by atoms with Crippen LogP contribution in [0, 0.1) is 12.7 Å².